The van der Waals surface area contributed by atoms with Crippen molar-refractivity contribution in [1.29, 1.82) is 0 Å². The van der Waals surface area contributed by atoms with E-state index in [1.54, 1.807) is 22.8 Å². The first kappa shape index (κ1) is 13.3. The Morgan fingerprint density at radius 3 is 2.85 bits per heavy atom. The zero-order valence-corrected chi connectivity index (χ0v) is 11.8. The molecule has 1 aliphatic heterocycles. The number of carboxylic acid groups (broad SMARTS) is 1. The smallest absolute Gasteiger partial charge is 0.337 e. The maximum absolute atomic E-state index is 12.1. The number of carboxylic acids is 1. The third kappa shape index (κ3) is 2.35. The van der Waals surface area contributed by atoms with Gasteiger partial charge in [-0.05, 0) is 42.4 Å². The Hall–Kier alpha value is -1.69. The van der Waals surface area contributed by atoms with E-state index in [1.165, 1.54) is 0 Å². The van der Waals surface area contributed by atoms with Crippen LogP contribution >= 0.6 is 11.8 Å². The minimum absolute atomic E-state index is 0.186. The van der Waals surface area contributed by atoms with Crippen molar-refractivity contribution in [3.63, 3.8) is 0 Å². The van der Waals surface area contributed by atoms with Crippen molar-refractivity contribution in [2.75, 3.05) is 11.5 Å². The van der Waals surface area contributed by atoms with E-state index in [0.717, 1.165) is 24.3 Å². The number of para-hydroxylation sites is 1. The van der Waals surface area contributed by atoms with Gasteiger partial charge in [-0.3, -0.25) is 4.57 Å². The first-order valence-electron chi connectivity index (χ1n) is 6.69. The molecular weight excluding hydrogens is 276 g/mol. The minimum atomic E-state index is -0.998. The van der Waals surface area contributed by atoms with Crippen LogP contribution in [0.15, 0.2) is 23.0 Å². The van der Waals surface area contributed by atoms with Crippen LogP contribution in [0.3, 0.4) is 0 Å². The molecule has 106 valence electrons. The summed E-state index contributed by atoms with van der Waals surface area (Å²) in [6, 6.07) is 4.95. The summed E-state index contributed by atoms with van der Waals surface area (Å²) in [7, 11) is 0. The van der Waals surface area contributed by atoms with Crippen LogP contribution in [-0.2, 0) is 6.54 Å². The molecule has 3 rings (SSSR count). The second-order valence-electron chi connectivity index (χ2n) is 5.10. The second-order valence-corrected chi connectivity index (χ2v) is 6.33. The molecule has 1 fully saturated rings. The highest BCUT2D eigenvalue weighted by atomic mass is 32.2. The molecule has 0 spiro atoms. The van der Waals surface area contributed by atoms with Gasteiger partial charge in [0.15, 0.2) is 0 Å². The highest BCUT2D eigenvalue weighted by Crippen LogP contribution is 2.25. The number of fused-ring (bicyclic) bond motifs is 1. The Labute approximate surface area is 120 Å². The van der Waals surface area contributed by atoms with Gasteiger partial charge in [0, 0.05) is 6.54 Å². The molecular formula is C14H16N2O3S. The fourth-order valence-corrected chi connectivity index (χ4v) is 3.96. The first-order chi connectivity index (χ1) is 9.66. The van der Waals surface area contributed by atoms with Crippen LogP contribution in [0, 0.1) is 5.92 Å². The molecule has 2 heterocycles. The van der Waals surface area contributed by atoms with Crippen LogP contribution in [0.2, 0.25) is 0 Å². The van der Waals surface area contributed by atoms with Gasteiger partial charge in [-0.1, -0.05) is 6.07 Å². The summed E-state index contributed by atoms with van der Waals surface area (Å²) in [4.78, 5) is 26.2. The maximum Gasteiger partial charge on any atom is 0.337 e. The van der Waals surface area contributed by atoms with Gasteiger partial charge in [0.25, 0.3) is 0 Å². The Balaban J connectivity index is 2.06. The van der Waals surface area contributed by atoms with Crippen LogP contribution in [0.1, 0.15) is 23.2 Å². The van der Waals surface area contributed by atoms with Crippen molar-refractivity contribution in [2.24, 2.45) is 5.92 Å². The number of H-pyrrole nitrogens is 1. The Kier molecular flexibility index (Phi) is 3.56. The molecule has 2 aromatic rings. The number of aromatic nitrogens is 2. The molecule has 2 N–H and O–H groups in total. The first-order valence-corrected chi connectivity index (χ1v) is 7.85. The lowest BCUT2D eigenvalue weighted by Crippen LogP contribution is -2.24. The Morgan fingerprint density at radius 2 is 2.15 bits per heavy atom. The topological polar surface area (TPSA) is 75.1 Å². The van der Waals surface area contributed by atoms with E-state index in [0.29, 0.717) is 23.5 Å². The van der Waals surface area contributed by atoms with Gasteiger partial charge < -0.3 is 10.1 Å². The van der Waals surface area contributed by atoms with Crippen molar-refractivity contribution in [3.05, 3.63) is 34.2 Å². The van der Waals surface area contributed by atoms with Crippen molar-refractivity contribution >= 4 is 28.8 Å². The van der Waals surface area contributed by atoms with Gasteiger partial charge in [0.05, 0.1) is 16.6 Å². The van der Waals surface area contributed by atoms with E-state index in [-0.39, 0.29) is 11.3 Å². The average Bonchev–Trinajstić information content (AvgIpc) is 2.76. The van der Waals surface area contributed by atoms with E-state index < -0.39 is 5.97 Å². The van der Waals surface area contributed by atoms with Crippen molar-refractivity contribution in [3.8, 4) is 0 Å². The summed E-state index contributed by atoms with van der Waals surface area (Å²) >= 11 is 1.94. The van der Waals surface area contributed by atoms with Crippen LogP contribution in [-0.4, -0.2) is 32.1 Å². The van der Waals surface area contributed by atoms with Gasteiger partial charge in [-0.25, -0.2) is 9.59 Å². The molecule has 20 heavy (non-hydrogen) atoms. The normalized spacial score (nSPS) is 16.6. The van der Waals surface area contributed by atoms with Crippen molar-refractivity contribution in [1.82, 2.24) is 9.55 Å². The highest BCUT2D eigenvalue weighted by molar-refractivity contribution is 7.99. The highest BCUT2D eigenvalue weighted by Gasteiger charge is 2.20. The van der Waals surface area contributed by atoms with Crippen LogP contribution in [0.25, 0.3) is 11.0 Å². The number of aromatic carboxylic acids is 1. The second kappa shape index (κ2) is 5.36. The number of hydrogen-bond donors (Lipinski definition) is 2. The quantitative estimate of drug-likeness (QED) is 0.909. The summed E-state index contributed by atoms with van der Waals surface area (Å²) in [6.07, 6.45) is 2.16. The van der Waals surface area contributed by atoms with Gasteiger partial charge in [0.1, 0.15) is 0 Å². The Bertz CT molecular complexity index is 698. The Morgan fingerprint density at radius 1 is 1.40 bits per heavy atom. The van der Waals surface area contributed by atoms with E-state index >= 15 is 0 Å². The third-order valence-electron chi connectivity index (χ3n) is 3.80. The van der Waals surface area contributed by atoms with Crippen LogP contribution in [0.4, 0.5) is 0 Å². The number of nitrogens with one attached hydrogen (secondary N) is 1. The lowest BCUT2D eigenvalue weighted by molar-refractivity contribution is 0.0698. The molecule has 0 unspecified atom stereocenters. The fourth-order valence-electron chi connectivity index (χ4n) is 2.75. The van der Waals surface area contributed by atoms with Crippen LogP contribution < -0.4 is 5.69 Å². The predicted molar refractivity (Wildman–Crippen MR) is 79.6 cm³/mol. The number of rotatable bonds is 3. The zero-order chi connectivity index (χ0) is 14.1. The number of hydrogen-bond acceptors (Lipinski definition) is 3. The van der Waals surface area contributed by atoms with E-state index in [9.17, 15) is 14.7 Å². The molecule has 5 nitrogen and oxygen atoms in total. The predicted octanol–water partition coefficient (Wildman–Crippen LogP) is 2.17. The number of imidazole rings is 1. The fraction of sp³-hybridized carbons (Fsp3) is 0.429. The standard InChI is InChI=1S/C14H16N2O3S/c17-13(18)10-2-1-3-11-12(10)16(14(19)15-11)8-9-4-6-20-7-5-9/h1-3,9H,4-8H2,(H,15,19)(H,17,18). The number of thioether (sulfide) groups is 1. The largest absolute Gasteiger partial charge is 0.478 e. The number of benzene rings is 1. The monoisotopic (exact) mass is 292 g/mol. The third-order valence-corrected chi connectivity index (χ3v) is 4.85. The summed E-state index contributed by atoms with van der Waals surface area (Å²) in [5.41, 5.74) is 1.08. The lowest BCUT2D eigenvalue weighted by atomic mass is 10.0. The zero-order valence-electron chi connectivity index (χ0n) is 11.0. The molecule has 0 bridgehead atoms. The number of nitrogens with zero attached hydrogens (tertiary/aromatic N) is 1. The van der Waals surface area contributed by atoms with Gasteiger partial charge in [0.2, 0.25) is 0 Å². The number of carbonyl (C=O) groups is 1. The molecule has 0 atom stereocenters. The molecule has 1 aromatic heterocycles. The van der Waals surface area contributed by atoms with E-state index in [1.807, 2.05) is 11.8 Å². The molecule has 0 amide bonds. The van der Waals surface area contributed by atoms with Crippen LogP contribution in [0.5, 0.6) is 0 Å². The summed E-state index contributed by atoms with van der Waals surface area (Å²) < 4.78 is 1.60. The molecule has 1 aromatic carbocycles. The minimum Gasteiger partial charge on any atom is -0.478 e. The van der Waals surface area contributed by atoms with Crippen molar-refractivity contribution in [2.45, 2.75) is 19.4 Å². The summed E-state index contributed by atoms with van der Waals surface area (Å²) in [5.74, 6) is 1.69. The average molecular weight is 292 g/mol. The maximum atomic E-state index is 12.1. The lowest BCUT2D eigenvalue weighted by Gasteiger charge is -2.21. The van der Waals surface area contributed by atoms with Gasteiger partial charge in [-0.15, -0.1) is 0 Å². The molecule has 0 saturated carbocycles. The van der Waals surface area contributed by atoms with E-state index in [2.05, 4.69) is 4.98 Å². The molecule has 0 aliphatic carbocycles. The molecule has 6 heteroatoms. The van der Waals surface area contributed by atoms with Crippen molar-refractivity contribution < 1.29 is 9.90 Å². The molecule has 0 radical (unpaired) electrons. The SMILES string of the molecule is O=C(O)c1cccc2[nH]c(=O)n(CC3CCSCC3)c12. The van der Waals surface area contributed by atoms with Gasteiger partial charge in [-0.2, -0.15) is 11.8 Å². The van der Waals surface area contributed by atoms with Gasteiger partial charge >= 0.3 is 11.7 Å². The van der Waals surface area contributed by atoms with E-state index in [4.69, 9.17) is 0 Å². The molecule has 1 aliphatic rings. The number of aromatic amines is 1. The molecule has 1 saturated heterocycles. The summed E-state index contributed by atoms with van der Waals surface area (Å²) in [5, 5.41) is 9.29. The summed E-state index contributed by atoms with van der Waals surface area (Å²) in [6.45, 7) is 0.601.